The summed E-state index contributed by atoms with van der Waals surface area (Å²) in [7, 11) is 0. The Morgan fingerprint density at radius 1 is 0.750 bits per heavy atom. The van der Waals surface area contributed by atoms with E-state index in [0.29, 0.717) is 5.92 Å². The zero-order valence-corrected chi connectivity index (χ0v) is 12.8. The summed E-state index contributed by atoms with van der Waals surface area (Å²) in [6, 6.07) is 17.8. The fourth-order valence-electron chi connectivity index (χ4n) is 2.26. The van der Waals surface area contributed by atoms with Crippen molar-refractivity contribution in [2.45, 2.75) is 46.2 Å². The third kappa shape index (κ3) is 4.21. The van der Waals surface area contributed by atoms with Gasteiger partial charge < -0.3 is 5.32 Å². The van der Waals surface area contributed by atoms with E-state index in [-0.39, 0.29) is 0 Å². The summed E-state index contributed by atoms with van der Waals surface area (Å²) in [6.07, 6.45) is 1.11. The van der Waals surface area contributed by atoms with Crippen LogP contribution in [0, 0.1) is 0 Å². The molecule has 0 spiro atoms. The Labute approximate surface area is 123 Å². The Hall–Kier alpha value is -1.60. The molecule has 0 heterocycles. The Kier molecular flexibility index (Phi) is 5.37. The van der Waals surface area contributed by atoms with Crippen LogP contribution in [-0.2, 0) is 19.5 Å². The fourth-order valence-corrected chi connectivity index (χ4v) is 2.26. The van der Waals surface area contributed by atoms with Crippen molar-refractivity contribution in [3.63, 3.8) is 0 Å². The lowest BCUT2D eigenvalue weighted by Gasteiger charge is -2.08. The highest BCUT2D eigenvalue weighted by Crippen LogP contribution is 2.14. The summed E-state index contributed by atoms with van der Waals surface area (Å²) in [5, 5.41) is 3.50. The quantitative estimate of drug-likeness (QED) is 0.802. The molecular weight excluding hydrogens is 242 g/mol. The maximum Gasteiger partial charge on any atom is 0.0208 e. The Morgan fingerprint density at radius 3 is 1.65 bits per heavy atom. The molecule has 0 saturated heterocycles. The molecule has 0 fully saturated rings. The minimum absolute atomic E-state index is 0.606. The molecule has 0 unspecified atom stereocenters. The van der Waals surface area contributed by atoms with E-state index >= 15 is 0 Å². The second-order valence-corrected chi connectivity index (χ2v) is 5.67. The summed E-state index contributed by atoms with van der Waals surface area (Å²) in [4.78, 5) is 0. The van der Waals surface area contributed by atoms with Gasteiger partial charge in [-0.1, -0.05) is 69.3 Å². The second kappa shape index (κ2) is 7.25. The van der Waals surface area contributed by atoms with Crippen LogP contribution < -0.4 is 5.32 Å². The maximum atomic E-state index is 3.50. The number of aryl methyl sites for hydroxylation is 1. The molecular formula is C19H25N. The molecule has 1 N–H and O–H groups in total. The first-order valence-electron chi connectivity index (χ1n) is 7.56. The number of benzene rings is 2. The third-order valence-corrected chi connectivity index (χ3v) is 3.74. The minimum atomic E-state index is 0.606. The SMILES string of the molecule is CCc1ccc(CNCc2ccc(C(C)C)cc2)cc1. The highest BCUT2D eigenvalue weighted by atomic mass is 14.8. The highest BCUT2D eigenvalue weighted by molar-refractivity contribution is 5.25. The van der Waals surface area contributed by atoms with E-state index < -0.39 is 0 Å². The van der Waals surface area contributed by atoms with Crippen LogP contribution in [-0.4, -0.2) is 0 Å². The average Bonchev–Trinajstić information content (AvgIpc) is 2.48. The zero-order chi connectivity index (χ0) is 14.4. The zero-order valence-electron chi connectivity index (χ0n) is 12.8. The van der Waals surface area contributed by atoms with Crippen LogP contribution in [0.25, 0.3) is 0 Å². The van der Waals surface area contributed by atoms with Crippen molar-refractivity contribution in [3.05, 3.63) is 70.8 Å². The van der Waals surface area contributed by atoms with Crippen LogP contribution >= 0.6 is 0 Å². The van der Waals surface area contributed by atoms with Gasteiger partial charge in [0.1, 0.15) is 0 Å². The van der Waals surface area contributed by atoms with Gasteiger partial charge in [-0.05, 0) is 34.6 Å². The van der Waals surface area contributed by atoms with Gasteiger partial charge in [-0.3, -0.25) is 0 Å². The number of nitrogens with one attached hydrogen (secondary N) is 1. The van der Waals surface area contributed by atoms with E-state index in [4.69, 9.17) is 0 Å². The van der Waals surface area contributed by atoms with Crippen molar-refractivity contribution in [2.24, 2.45) is 0 Å². The maximum absolute atomic E-state index is 3.50. The lowest BCUT2D eigenvalue weighted by atomic mass is 10.0. The van der Waals surface area contributed by atoms with Gasteiger partial charge in [0.25, 0.3) is 0 Å². The van der Waals surface area contributed by atoms with Gasteiger partial charge in [0.15, 0.2) is 0 Å². The molecule has 106 valence electrons. The third-order valence-electron chi connectivity index (χ3n) is 3.74. The topological polar surface area (TPSA) is 12.0 Å². The van der Waals surface area contributed by atoms with Crippen LogP contribution in [0.1, 0.15) is 48.9 Å². The first-order valence-corrected chi connectivity index (χ1v) is 7.56. The molecule has 0 aliphatic heterocycles. The lowest BCUT2D eigenvalue weighted by Crippen LogP contribution is -2.12. The van der Waals surface area contributed by atoms with E-state index in [0.717, 1.165) is 19.5 Å². The molecule has 2 rings (SSSR count). The highest BCUT2D eigenvalue weighted by Gasteiger charge is 1.99. The summed E-state index contributed by atoms with van der Waals surface area (Å²) >= 11 is 0. The van der Waals surface area contributed by atoms with Gasteiger partial charge in [0.2, 0.25) is 0 Å². The van der Waals surface area contributed by atoms with Crippen LogP contribution in [0.15, 0.2) is 48.5 Å². The van der Waals surface area contributed by atoms with Gasteiger partial charge in [-0.15, -0.1) is 0 Å². The van der Waals surface area contributed by atoms with Crippen molar-refractivity contribution < 1.29 is 0 Å². The summed E-state index contributed by atoms with van der Waals surface area (Å²) in [5.74, 6) is 0.606. The minimum Gasteiger partial charge on any atom is -0.309 e. The Bertz CT molecular complexity index is 508. The predicted octanol–water partition coefficient (Wildman–Crippen LogP) is 4.66. The van der Waals surface area contributed by atoms with E-state index in [9.17, 15) is 0 Å². The molecule has 1 heteroatoms. The van der Waals surface area contributed by atoms with Crippen molar-refractivity contribution >= 4 is 0 Å². The Morgan fingerprint density at radius 2 is 1.20 bits per heavy atom. The molecule has 2 aromatic rings. The molecule has 0 aliphatic rings. The molecule has 0 aliphatic carbocycles. The first kappa shape index (κ1) is 14.8. The normalized spacial score (nSPS) is 11.0. The van der Waals surface area contributed by atoms with Gasteiger partial charge >= 0.3 is 0 Å². The predicted molar refractivity (Wildman–Crippen MR) is 86.9 cm³/mol. The molecule has 0 saturated carbocycles. The molecule has 2 aromatic carbocycles. The van der Waals surface area contributed by atoms with Gasteiger partial charge in [0.05, 0.1) is 0 Å². The van der Waals surface area contributed by atoms with Crippen LogP contribution in [0.4, 0.5) is 0 Å². The van der Waals surface area contributed by atoms with Crippen molar-refractivity contribution in [1.82, 2.24) is 5.32 Å². The van der Waals surface area contributed by atoms with Crippen LogP contribution in [0.3, 0.4) is 0 Å². The summed E-state index contributed by atoms with van der Waals surface area (Å²) in [5.41, 5.74) is 5.50. The molecule has 1 nitrogen and oxygen atoms in total. The molecule has 0 atom stereocenters. The smallest absolute Gasteiger partial charge is 0.0208 e. The van der Waals surface area contributed by atoms with E-state index in [1.807, 2.05) is 0 Å². The van der Waals surface area contributed by atoms with Crippen LogP contribution in [0.5, 0.6) is 0 Å². The van der Waals surface area contributed by atoms with E-state index in [1.165, 1.54) is 22.3 Å². The first-order chi connectivity index (χ1) is 9.69. The van der Waals surface area contributed by atoms with Crippen molar-refractivity contribution in [1.29, 1.82) is 0 Å². The van der Waals surface area contributed by atoms with E-state index in [2.05, 4.69) is 74.6 Å². The molecule has 0 amide bonds. The van der Waals surface area contributed by atoms with Gasteiger partial charge in [-0.2, -0.15) is 0 Å². The van der Waals surface area contributed by atoms with Crippen LogP contribution in [0.2, 0.25) is 0 Å². The number of rotatable bonds is 6. The van der Waals surface area contributed by atoms with Crippen molar-refractivity contribution in [2.75, 3.05) is 0 Å². The summed E-state index contributed by atoms with van der Waals surface area (Å²) in [6.45, 7) is 8.50. The van der Waals surface area contributed by atoms with E-state index in [1.54, 1.807) is 0 Å². The molecule has 20 heavy (non-hydrogen) atoms. The molecule has 0 radical (unpaired) electrons. The standard InChI is InChI=1S/C19H25N/c1-4-16-5-7-17(8-6-16)13-20-14-18-9-11-19(12-10-18)15(2)3/h5-12,15,20H,4,13-14H2,1-3H3. The Balaban J connectivity index is 1.82. The average molecular weight is 267 g/mol. The van der Waals surface area contributed by atoms with Gasteiger partial charge in [0, 0.05) is 13.1 Å². The second-order valence-electron chi connectivity index (χ2n) is 5.67. The van der Waals surface area contributed by atoms with Gasteiger partial charge in [-0.25, -0.2) is 0 Å². The van der Waals surface area contributed by atoms with Crippen molar-refractivity contribution in [3.8, 4) is 0 Å². The monoisotopic (exact) mass is 267 g/mol. The number of hydrogen-bond acceptors (Lipinski definition) is 1. The lowest BCUT2D eigenvalue weighted by molar-refractivity contribution is 0.692. The fraction of sp³-hybridized carbons (Fsp3) is 0.368. The number of hydrogen-bond donors (Lipinski definition) is 1. The molecule has 0 bridgehead atoms. The summed E-state index contributed by atoms with van der Waals surface area (Å²) < 4.78 is 0. The largest absolute Gasteiger partial charge is 0.309 e. The molecule has 0 aromatic heterocycles.